The fourth-order valence-electron chi connectivity index (χ4n) is 7.18. The third kappa shape index (κ3) is 4.55. The molecule has 0 bridgehead atoms. The van der Waals surface area contributed by atoms with Gasteiger partial charge < -0.3 is 5.32 Å². The lowest BCUT2D eigenvalue weighted by molar-refractivity contribution is 0.341. The summed E-state index contributed by atoms with van der Waals surface area (Å²) in [7, 11) is 0. The molecule has 0 aliphatic heterocycles. The Balaban J connectivity index is 1.38. The summed E-state index contributed by atoms with van der Waals surface area (Å²) < 4.78 is 0. The van der Waals surface area contributed by atoms with Crippen LogP contribution in [0.15, 0.2) is 103 Å². The topological polar surface area (TPSA) is 12.0 Å². The molecule has 1 heteroatoms. The first-order valence-electron chi connectivity index (χ1n) is 14.6. The van der Waals surface area contributed by atoms with Gasteiger partial charge in [0.1, 0.15) is 0 Å². The second kappa shape index (κ2) is 10.7. The molecule has 1 N–H and O–H groups in total. The maximum absolute atomic E-state index is 3.79. The summed E-state index contributed by atoms with van der Waals surface area (Å²) in [5, 5.41) is 6.35. The fraction of sp³-hybridized carbons (Fsp3) is 0.263. The molecular formula is C38H39N. The van der Waals surface area contributed by atoms with Crippen LogP contribution < -0.4 is 5.32 Å². The van der Waals surface area contributed by atoms with Crippen molar-refractivity contribution in [2.24, 2.45) is 0 Å². The van der Waals surface area contributed by atoms with Crippen LogP contribution in [-0.2, 0) is 11.8 Å². The van der Waals surface area contributed by atoms with Crippen molar-refractivity contribution >= 4 is 33.8 Å². The third-order valence-corrected chi connectivity index (χ3v) is 8.96. The van der Waals surface area contributed by atoms with E-state index in [1.807, 2.05) is 0 Å². The monoisotopic (exact) mass is 509 g/mol. The summed E-state index contributed by atoms with van der Waals surface area (Å²) in [6.07, 6.45) is 16.5. The van der Waals surface area contributed by atoms with Gasteiger partial charge in [-0.2, -0.15) is 0 Å². The molecule has 39 heavy (non-hydrogen) atoms. The molecule has 1 saturated carbocycles. The van der Waals surface area contributed by atoms with Crippen LogP contribution in [0, 0.1) is 6.92 Å². The fourth-order valence-corrected chi connectivity index (χ4v) is 7.18. The van der Waals surface area contributed by atoms with Gasteiger partial charge in [0.15, 0.2) is 0 Å². The molecular weight excluding hydrogens is 470 g/mol. The van der Waals surface area contributed by atoms with E-state index >= 15 is 0 Å². The highest BCUT2D eigenvalue weighted by Gasteiger charge is 2.44. The maximum Gasteiger partial charge on any atom is 0.0426 e. The van der Waals surface area contributed by atoms with Crippen LogP contribution in [0.4, 0.5) is 11.4 Å². The molecule has 0 saturated heterocycles. The van der Waals surface area contributed by atoms with E-state index in [-0.39, 0.29) is 5.41 Å². The average molecular weight is 510 g/mol. The minimum Gasteiger partial charge on any atom is -0.355 e. The summed E-state index contributed by atoms with van der Waals surface area (Å²) in [5.41, 5.74) is 12.5. The SMILES string of the molecule is C/C=C\C1=C(Cc2cccc(Nc3cc4ccccc4c(/C=C\C)c3C)c2)C2(CCCCC2)c2ccccc21. The number of allylic oxidation sites excluding steroid dienone is 5. The van der Waals surface area contributed by atoms with Crippen LogP contribution in [0.2, 0.25) is 0 Å². The third-order valence-electron chi connectivity index (χ3n) is 8.96. The molecule has 2 aliphatic carbocycles. The first-order valence-corrected chi connectivity index (χ1v) is 14.6. The Hall–Kier alpha value is -3.84. The van der Waals surface area contributed by atoms with Gasteiger partial charge in [0, 0.05) is 16.8 Å². The zero-order valence-electron chi connectivity index (χ0n) is 23.6. The summed E-state index contributed by atoms with van der Waals surface area (Å²) in [4.78, 5) is 0. The second-order valence-electron chi connectivity index (χ2n) is 11.3. The maximum atomic E-state index is 3.79. The van der Waals surface area contributed by atoms with Gasteiger partial charge in [0.05, 0.1) is 0 Å². The van der Waals surface area contributed by atoms with Crippen molar-refractivity contribution < 1.29 is 0 Å². The number of anilines is 2. The van der Waals surface area contributed by atoms with E-state index in [4.69, 9.17) is 0 Å². The van der Waals surface area contributed by atoms with Crippen molar-refractivity contribution in [3.63, 3.8) is 0 Å². The Bertz CT molecular complexity index is 1610. The first-order chi connectivity index (χ1) is 19.1. The average Bonchev–Trinajstić information content (AvgIpc) is 3.20. The predicted octanol–water partition coefficient (Wildman–Crippen LogP) is 10.7. The molecule has 0 unspecified atom stereocenters. The van der Waals surface area contributed by atoms with Crippen LogP contribution in [0.25, 0.3) is 22.4 Å². The van der Waals surface area contributed by atoms with E-state index in [2.05, 4.69) is 129 Å². The summed E-state index contributed by atoms with van der Waals surface area (Å²) in [6, 6.07) is 29.3. The number of hydrogen-bond acceptors (Lipinski definition) is 1. The number of benzene rings is 4. The zero-order valence-corrected chi connectivity index (χ0v) is 23.6. The van der Waals surface area contributed by atoms with E-state index in [0.29, 0.717) is 0 Å². The van der Waals surface area contributed by atoms with Crippen LogP contribution >= 0.6 is 0 Å². The van der Waals surface area contributed by atoms with E-state index < -0.39 is 0 Å². The molecule has 196 valence electrons. The van der Waals surface area contributed by atoms with E-state index in [0.717, 1.165) is 12.1 Å². The highest BCUT2D eigenvalue weighted by atomic mass is 14.9. The molecule has 4 aromatic carbocycles. The normalized spacial score (nSPS) is 16.6. The van der Waals surface area contributed by atoms with Crippen LogP contribution in [0.1, 0.15) is 73.8 Å². The molecule has 0 radical (unpaired) electrons. The Morgan fingerprint density at radius 2 is 1.56 bits per heavy atom. The van der Waals surface area contributed by atoms with Crippen molar-refractivity contribution in [2.75, 3.05) is 5.32 Å². The smallest absolute Gasteiger partial charge is 0.0426 e. The lowest BCUT2D eigenvalue weighted by Gasteiger charge is -2.38. The van der Waals surface area contributed by atoms with Crippen molar-refractivity contribution in [2.45, 2.75) is 64.7 Å². The number of nitrogens with one attached hydrogen (secondary N) is 1. The molecule has 4 aromatic rings. The Labute approximate surface area is 234 Å². The molecule has 1 fully saturated rings. The number of fused-ring (bicyclic) bond motifs is 3. The van der Waals surface area contributed by atoms with Crippen molar-refractivity contribution in [3.8, 4) is 0 Å². The minimum absolute atomic E-state index is 0.184. The number of rotatable bonds is 6. The van der Waals surface area contributed by atoms with Crippen molar-refractivity contribution in [3.05, 3.63) is 130 Å². The molecule has 1 nitrogen and oxygen atoms in total. The highest BCUT2D eigenvalue weighted by Crippen LogP contribution is 2.55. The van der Waals surface area contributed by atoms with Gasteiger partial charge in [0.2, 0.25) is 0 Å². The molecule has 2 aliphatic rings. The molecule has 0 aromatic heterocycles. The van der Waals surface area contributed by atoms with Gasteiger partial charge in [-0.25, -0.2) is 0 Å². The molecule has 0 amide bonds. The predicted molar refractivity (Wildman–Crippen MR) is 170 cm³/mol. The van der Waals surface area contributed by atoms with Crippen LogP contribution in [0.3, 0.4) is 0 Å². The van der Waals surface area contributed by atoms with Gasteiger partial charge in [-0.3, -0.25) is 0 Å². The lowest BCUT2D eigenvalue weighted by atomic mass is 9.66. The Morgan fingerprint density at radius 1 is 0.795 bits per heavy atom. The van der Waals surface area contributed by atoms with Gasteiger partial charge >= 0.3 is 0 Å². The van der Waals surface area contributed by atoms with Crippen LogP contribution in [-0.4, -0.2) is 0 Å². The van der Waals surface area contributed by atoms with Gasteiger partial charge in [-0.1, -0.05) is 104 Å². The summed E-state index contributed by atoms with van der Waals surface area (Å²) in [5.74, 6) is 0. The van der Waals surface area contributed by atoms with Gasteiger partial charge in [-0.15, -0.1) is 0 Å². The van der Waals surface area contributed by atoms with E-state index in [9.17, 15) is 0 Å². The Morgan fingerprint density at radius 3 is 2.38 bits per heavy atom. The minimum atomic E-state index is 0.184. The molecule has 1 spiro atoms. The highest BCUT2D eigenvalue weighted by molar-refractivity contribution is 5.96. The van der Waals surface area contributed by atoms with Crippen molar-refractivity contribution in [1.82, 2.24) is 0 Å². The van der Waals surface area contributed by atoms with E-state index in [1.165, 1.54) is 76.4 Å². The summed E-state index contributed by atoms with van der Waals surface area (Å²) in [6.45, 7) is 6.47. The molecule has 0 heterocycles. The zero-order chi connectivity index (χ0) is 26.8. The largest absolute Gasteiger partial charge is 0.355 e. The number of hydrogen-bond donors (Lipinski definition) is 1. The van der Waals surface area contributed by atoms with Gasteiger partial charge in [-0.05, 0) is 108 Å². The first kappa shape index (κ1) is 25.4. The van der Waals surface area contributed by atoms with E-state index in [1.54, 1.807) is 11.1 Å². The van der Waals surface area contributed by atoms with Crippen molar-refractivity contribution in [1.29, 1.82) is 0 Å². The lowest BCUT2D eigenvalue weighted by Crippen LogP contribution is -2.30. The molecule has 0 atom stereocenters. The second-order valence-corrected chi connectivity index (χ2v) is 11.3. The Kier molecular flexibility index (Phi) is 7.00. The van der Waals surface area contributed by atoms with Crippen LogP contribution in [0.5, 0.6) is 0 Å². The summed E-state index contributed by atoms with van der Waals surface area (Å²) >= 11 is 0. The molecule has 6 rings (SSSR count). The van der Waals surface area contributed by atoms with Gasteiger partial charge in [0.25, 0.3) is 0 Å². The quantitative estimate of drug-likeness (QED) is 0.272. The standard InChI is InChI=1S/C38H39N/c1-4-14-31-27(3)37(26-29-17-7-8-19-32(29)31)39-30-18-13-16-28(24-30)25-36-33(15-5-2)34-20-9-10-21-35(34)38(36)22-11-6-12-23-38/h4-5,7-10,13-21,24,26,39H,6,11-12,22-23,25H2,1-3H3/b14-4-,15-5-.